The zero-order chi connectivity index (χ0) is 17.9. The Labute approximate surface area is 139 Å². The monoisotopic (exact) mass is 361 g/mol. The molecule has 134 valence electrons. The molecule has 10 heteroatoms. The Morgan fingerprint density at radius 3 is 2.54 bits per heavy atom. The fraction of sp³-hybridized carbons (Fsp3) is 0.571. The molecule has 1 N–H and O–H groups in total. The van der Waals surface area contributed by atoms with Crippen LogP contribution >= 0.6 is 0 Å². The van der Waals surface area contributed by atoms with Gasteiger partial charge in [-0.15, -0.1) is 0 Å². The summed E-state index contributed by atoms with van der Waals surface area (Å²) in [5, 5.41) is 14.1. The van der Waals surface area contributed by atoms with E-state index >= 15 is 0 Å². The lowest BCUT2D eigenvalue weighted by Gasteiger charge is -2.31. The number of nitrogens with one attached hydrogen (secondary N) is 1. The number of piperidine rings is 1. The second kappa shape index (κ2) is 7.31. The van der Waals surface area contributed by atoms with E-state index in [9.17, 15) is 22.9 Å². The van der Waals surface area contributed by atoms with Gasteiger partial charge in [-0.3, -0.25) is 10.1 Å². The molecule has 0 atom stereocenters. The van der Waals surface area contributed by atoms with Crippen LogP contribution in [0.5, 0.6) is 5.75 Å². The number of hydrogen-bond acceptors (Lipinski definition) is 6. The molecule has 0 aliphatic carbocycles. The first-order valence-electron chi connectivity index (χ1n) is 7.54. The molecular formula is C14H20FN3O5S. The van der Waals surface area contributed by atoms with Crippen molar-refractivity contribution in [2.24, 2.45) is 0 Å². The molecule has 1 heterocycles. The maximum atomic E-state index is 13.7. The molecule has 1 fully saturated rings. The number of nitro benzene ring substituents is 1. The van der Waals surface area contributed by atoms with Crippen molar-refractivity contribution in [2.75, 3.05) is 31.3 Å². The summed E-state index contributed by atoms with van der Waals surface area (Å²) in [6.45, 7) is 2.29. The third kappa shape index (κ3) is 3.93. The van der Waals surface area contributed by atoms with Crippen LogP contribution < -0.4 is 10.1 Å². The Balaban J connectivity index is 2.13. The molecular weight excluding hydrogens is 341 g/mol. The summed E-state index contributed by atoms with van der Waals surface area (Å²) in [6.07, 6.45) is 1.02. The van der Waals surface area contributed by atoms with Gasteiger partial charge in [0.1, 0.15) is 5.69 Å². The van der Waals surface area contributed by atoms with Crippen LogP contribution in [0.3, 0.4) is 0 Å². The van der Waals surface area contributed by atoms with Gasteiger partial charge < -0.3 is 10.1 Å². The number of nitro groups is 1. The number of nitrogens with zero attached hydrogens (tertiary/aromatic N) is 2. The zero-order valence-corrected chi connectivity index (χ0v) is 14.3. The molecule has 8 nitrogen and oxygen atoms in total. The SMILES string of the molecule is CCS(=O)(=O)N1CCC(Nc2cc(OC)c(F)cc2[N+](=O)[O-])CC1. The molecule has 0 unspecified atom stereocenters. The molecule has 0 amide bonds. The van der Waals surface area contributed by atoms with Gasteiger partial charge in [0.05, 0.1) is 23.9 Å². The van der Waals surface area contributed by atoms with Gasteiger partial charge in [0, 0.05) is 25.2 Å². The molecule has 24 heavy (non-hydrogen) atoms. The van der Waals surface area contributed by atoms with E-state index in [0.717, 1.165) is 6.07 Å². The van der Waals surface area contributed by atoms with E-state index in [2.05, 4.69) is 5.32 Å². The topological polar surface area (TPSA) is 102 Å². The van der Waals surface area contributed by atoms with Gasteiger partial charge in [-0.25, -0.2) is 17.1 Å². The molecule has 1 saturated heterocycles. The average Bonchev–Trinajstić information content (AvgIpc) is 2.56. The summed E-state index contributed by atoms with van der Waals surface area (Å²) in [6, 6.07) is 1.93. The first-order chi connectivity index (χ1) is 11.3. The fourth-order valence-electron chi connectivity index (χ4n) is 2.65. The van der Waals surface area contributed by atoms with Gasteiger partial charge in [-0.1, -0.05) is 0 Å². The highest BCUT2D eigenvalue weighted by atomic mass is 32.2. The lowest BCUT2D eigenvalue weighted by Crippen LogP contribution is -2.43. The molecule has 0 aromatic heterocycles. The van der Waals surface area contributed by atoms with Crippen molar-refractivity contribution in [2.45, 2.75) is 25.8 Å². The number of rotatable bonds is 6. The highest BCUT2D eigenvalue weighted by Gasteiger charge is 2.28. The van der Waals surface area contributed by atoms with Crippen LogP contribution in [0.25, 0.3) is 0 Å². The average molecular weight is 361 g/mol. The number of methoxy groups -OCH3 is 1. The first-order valence-corrected chi connectivity index (χ1v) is 9.15. The Bertz CT molecular complexity index is 717. The number of halogens is 1. The van der Waals surface area contributed by atoms with Crippen LogP contribution in [-0.4, -0.2) is 49.6 Å². The van der Waals surface area contributed by atoms with Crippen LogP contribution in [-0.2, 0) is 10.0 Å². The van der Waals surface area contributed by atoms with E-state index in [-0.39, 0.29) is 28.9 Å². The van der Waals surface area contributed by atoms with Gasteiger partial charge in [-0.2, -0.15) is 0 Å². The Morgan fingerprint density at radius 1 is 1.42 bits per heavy atom. The molecule has 0 spiro atoms. The lowest BCUT2D eigenvalue weighted by atomic mass is 10.1. The van der Waals surface area contributed by atoms with Crippen LogP contribution in [0, 0.1) is 15.9 Å². The normalized spacial score (nSPS) is 16.8. The molecule has 2 rings (SSSR count). The first kappa shape index (κ1) is 18.4. The predicted octanol–water partition coefficient (Wildman–Crippen LogP) is 1.97. The maximum absolute atomic E-state index is 13.7. The van der Waals surface area contributed by atoms with Gasteiger partial charge in [0.2, 0.25) is 10.0 Å². The lowest BCUT2D eigenvalue weighted by molar-refractivity contribution is -0.384. The summed E-state index contributed by atoms with van der Waals surface area (Å²) in [4.78, 5) is 10.4. The van der Waals surface area contributed by atoms with Crippen LogP contribution in [0.1, 0.15) is 19.8 Å². The summed E-state index contributed by atoms with van der Waals surface area (Å²) < 4.78 is 43.6. The minimum Gasteiger partial charge on any atom is -0.494 e. The van der Waals surface area contributed by atoms with Crippen molar-refractivity contribution in [3.8, 4) is 5.75 Å². The highest BCUT2D eigenvalue weighted by Crippen LogP contribution is 2.33. The number of sulfonamides is 1. The van der Waals surface area contributed by atoms with Crippen molar-refractivity contribution in [1.29, 1.82) is 0 Å². The second-order valence-electron chi connectivity index (χ2n) is 5.48. The van der Waals surface area contributed by atoms with Crippen molar-refractivity contribution >= 4 is 21.4 Å². The molecule has 0 bridgehead atoms. The number of ether oxygens (including phenoxy) is 1. The maximum Gasteiger partial charge on any atom is 0.295 e. The van der Waals surface area contributed by atoms with E-state index in [1.807, 2.05) is 0 Å². The minimum absolute atomic E-state index is 0.0473. The highest BCUT2D eigenvalue weighted by molar-refractivity contribution is 7.89. The van der Waals surface area contributed by atoms with Crippen molar-refractivity contribution < 1.29 is 22.5 Å². The number of anilines is 1. The fourth-order valence-corrected chi connectivity index (χ4v) is 3.78. The van der Waals surface area contributed by atoms with E-state index in [0.29, 0.717) is 25.9 Å². The summed E-state index contributed by atoms with van der Waals surface area (Å²) in [7, 11) is -1.95. The third-order valence-corrected chi connectivity index (χ3v) is 5.92. The summed E-state index contributed by atoms with van der Waals surface area (Å²) >= 11 is 0. The minimum atomic E-state index is -3.23. The zero-order valence-electron chi connectivity index (χ0n) is 13.5. The molecule has 1 aliphatic heterocycles. The van der Waals surface area contributed by atoms with Crippen LogP contribution in [0.4, 0.5) is 15.8 Å². The smallest absolute Gasteiger partial charge is 0.295 e. The van der Waals surface area contributed by atoms with Crippen molar-refractivity contribution in [3.05, 3.63) is 28.1 Å². The predicted molar refractivity (Wildman–Crippen MR) is 87.3 cm³/mol. The second-order valence-corrected chi connectivity index (χ2v) is 7.74. The van der Waals surface area contributed by atoms with Gasteiger partial charge in [-0.05, 0) is 19.8 Å². The largest absolute Gasteiger partial charge is 0.494 e. The van der Waals surface area contributed by atoms with E-state index in [1.54, 1.807) is 6.92 Å². The molecule has 1 aromatic rings. The van der Waals surface area contributed by atoms with E-state index < -0.39 is 20.8 Å². The van der Waals surface area contributed by atoms with Gasteiger partial charge in [0.25, 0.3) is 5.69 Å². The molecule has 1 aromatic carbocycles. The Kier molecular flexibility index (Phi) is 5.60. The molecule has 0 saturated carbocycles. The number of hydrogen-bond donors (Lipinski definition) is 1. The standard InChI is InChI=1S/C14H20FN3O5S/c1-3-24(21,22)17-6-4-10(5-7-17)16-12-9-14(23-2)11(15)8-13(12)18(19)20/h8-10,16H,3-7H2,1-2H3. The van der Waals surface area contributed by atoms with Gasteiger partial charge >= 0.3 is 0 Å². The summed E-state index contributed by atoms with van der Waals surface area (Å²) in [5.41, 5.74) is -0.216. The molecule has 0 radical (unpaired) electrons. The number of benzene rings is 1. The summed E-state index contributed by atoms with van der Waals surface area (Å²) in [5.74, 6) is -0.848. The van der Waals surface area contributed by atoms with Crippen molar-refractivity contribution in [3.63, 3.8) is 0 Å². The van der Waals surface area contributed by atoms with Crippen LogP contribution in [0.15, 0.2) is 12.1 Å². The Hall–Kier alpha value is -1.94. The molecule has 1 aliphatic rings. The van der Waals surface area contributed by atoms with E-state index in [4.69, 9.17) is 4.74 Å². The van der Waals surface area contributed by atoms with Gasteiger partial charge in [0.15, 0.2) is 11.6 Å². The van der Waals surface area contributed by atoms with Crippen molar-refractivity contribution in [1.82, 2.24) is 4.31 Å². The quantitative estimate of drug-likeness (QED) is 0.614. The van der Waals surface area contributed by atoms with E-state index in [1.165, 1.54) is 17.5 Å². The third-order valence-electron chi connectivity index (χ3n) is 4.04. The van der Waals surface area contributed by atoms with Crippen LogP contribution in [0.2, 0.25) is 0 Å². The Morgan fingerprint density at radius 2 is 2.04 bits per heavy atom.